The molecule has 1 aliphatic rings. The van der Waals surface area contributed by atoms with E-state index in [1.807, 2.05) is 36.4 Å². The second kappa shape index (κ2) is 8.14. The number of hydrogen-bond donors (Lipinski definition) is 1. The van der Waals surface area contributed by atoms with Crippen molar-refractivity contribution >= 4 is 11.6 Å². The van der Waals surface area contributed by atoms with Crippen molar-refractivity contribution in [3.05, 3.63) is 85.2 Å². The van der Waals surface area contributed by atoms with Crippen molar-refractivity contribution in [2.45, 2.75) is 18.3 Å². The van der Waals surface area contributed by atoms with E-state index in [2.05, 4.69) is 20.3 Å². The van der Waals surface area contributed by atoms with Gasteiger partial charge in [-0.15, -0.1) is 0 Å². The number of ether oxygens (including phenoxy) is 2. The van der Waals surface area contributed by atoms with Crippen molar-refractivity contribution in [2.24, 2.45) is 0 Å². The molecule has 0 unspecified atom stereocenters. The Balaban J connectivity index is 1.28. The van der Waals surface area contributed by atoms with Crippen LogP contribution in [0.15, 0.2) is 79.6 Å². The third kappa shape index (κ3) is 3.78. The van der Waals surface area contributed by atoms with E-state index in [-0.39, 0.29) is 5.91 Å². The highest BCUT2D eigenvalue weighted by Gasteiger charge is 2.52. The van der Waals surface area contributed by atoms with E-state index in [4.69, 9.17) is 9.47 Å². The zero-order valence-corrected chi connectivity index (χ0v) is 17.4. The van der Waals surface area contributed by atoms with E-state index < -0.39 is 5.41 Å². The van der Waals surface area contributed by atoms with Gasteiger partial charge < -0.3 is 14.8 Å². The van der Waals surface area contributed by atoms with Gasteiger partial charge in [-0.2, -0.15) is 0 Å². The first-order valence-corrected chi connectivity index (χ1v) is 10.2. The molecule has 1 amide bonds. The second-order valence-electron chi connectivity index (χ2n) is 7.55. The molecule has 0 radical (unpaired) electrons. The molecular weight excluding hydrogens is 406 g/mol. The highest BCUT2D eigenvalue weighted by Crippen LogP contribution is 2.52. The quantitative estimate of drug-likeness (QED) is 0.477. The van der Waals surface area contributed by atoms with Crippen LogP contribution in [-0.4, -0.2) is 32.5 Å². The number of anilines is 1. The van der Waals surface area contributed by atoms with Gasteiger partial charge in [-0.1, -0.05) is 18.2 Å². The lowest BCUT2D eigenvalue weighted by molar-refractivity contribution is -0.118. The summed E-state index contributed by atoms with van der Waals surface area (Å²) in [5, 5.41) is 3.03. The van der Waals surface area contributed by atoms with Crippen LogP contribution in [0.4, 0.5) is 5.69 Å². The SMILES string of the molecule is COc1ccccc1C1(C(=O)Nc2ccc(Oc3cc(-n4ccnc4)ncn3)cc2)CC1. The van der Waals surface area contributed by atoms with Crippen LogP contribution in [0.25, 0.3) is 5.82 Å². The third-order valence-electron chi connectivity index (χ3n) is 5.54. The summed E-state index contributed by atoms with van der Waals surface area (Å²) >= 11 is 0. The number of rotatable bonds is 7. The van der Waals surface area contributed by atoms with Crippen molar-refractivity contribution in [3.8, 4) is 23.2 Å². The molecule has 0 aliphatic heterocycles. The van der Waals surface area contributed by atoms with Crippen LogP contribution >= 0.6 is 0 Å². The van der Waals surface area contributed by atoms with Crippen molar-refractivity contribution < 1.29 is 14.3 Å². The summed E-state index contributed by atoms with van der Waals surface area (Å²) in [6.45, 7) is 0. The van der Waals surface area contributed by atoms with Crippen LogP contribution in [0.5, 0.6) is 17.4 Å². The van der Waals surface area contributed by atoms with Gasteiger partial charge in [0.2, 0.25) is 11.8 Å². The first kappa shape index (κ1) is 19.7. The maximum absolute atomic E-state index is 13.1. The fourth-order valence-electron chi connectivity index (χ4n) is 3.68. The Bertz CT molecular complexity index is 1230. The van der Waals surface area contributed by atoms with Crippen molar-refractivity contribution in [3.63, 3.8) is 0 Å². The zero-order valence-electron chi connectivity index (χ0n) is 17.4. The number of aromatic nitrogens is 4. The number of imidazole rings is 1. The van der Waals surface area contributed by atoms with Gasteiger partial charge in [-0.25, -0.2) is 15.0 Å². The summed E-state index contributed by atoms with van der Waals surface area (Å²) in [6, 6.07) is 16.6. The standard InChI is InChI=1S/C24H21N5O3/c1-31-20-5-3-2-4-19(20)24(10-11-24)23(30)28-17-6-8-18(9-7-17)32-22-14-21(26-15-27-22)29-13-12-25-16-29/h2-9,12-16H,10-11H2,1H3,(H,28,30). The molecule has 0 spiro atoms. The number of carbonyl (C=O) groups excluding carboxylic acids is 1. The number of carbonyl (C=O) groups is 1. The molecule has 1 aliphatic carbocycles. The minimum atomic E-state index is -0.535. The molecule has 8 heteroatoms. The summed E-state index contributed by atoms with van der Waals surface area (Å²) < 4.78 is 13.1. The first-order valence-electron chi connectivity index (χ1n) is 10.2. The van der Waals surface area contributed by atoms with Gasteiger partial charge in [0.25, 0.3) is 0 Å². The number of nitrogens with zero attached hydrogens (tertiary/aromatic N) is 4. The number of amides is 1. The van der Waals surface area contributed by atoms with Gasteiger partial charge in [0.15, 0.2) is 0 Å². The molecule has 1 N–H and O–H groups in total. The van der Waals surface area contributed by atoms with Gasteiger partial charge in [-0.05, 0) is 43.2 Å². The lowest BCUT2D eigenvalue weighted by Gasteiger charge is -2.18. The summed E-state index contributed by atoms with van der Waals surface area (Å²) in [6.07, 6.45) is 8.16. The molecule has 2 aromatic heterocycles. The van der Waals surface area contributed by atoms with Crippen LogP contribution in [0.2, 0.25) is 0 Å². The second-order valence-corrected chi connectivity index (χ2v) is 7.55. The Morgan fingerprint density at radius 1 is 1.09 bits per heavy atom. The number of benzene rings is 2. The molecule has 32 heavy (non-hydrogen) atoms. The first-order chi connectivity index (χ1) is 15.7. The molecule has 1 saturated carbocycles. The Morgan fingerprint density at radius 2 is 1.91 bits per heavy atom. The monoisotopic (exact) mass is 427 g/mol. The summed E-state index contributed by atoms with van der Waals surface area (Å²) in [5.74, 6) is 2.38. The molecular formula is C24H21N5O3. The van der Waals surface area contributed by atoms with Crippen LogP contribution in [0.1, 0.15) is 18.4 Å². The summed E-state index contributed by atoms with van der Waals surface area (Å²) in [4.78, 5) is 25.5. The van der Waals surface area contributed by atoms with Crippen LogP contribution in [0.3, 0.4) is 0 Å². The summed E-state index contributed by atoms with van der Waals surface area (Å²) in [7, 11) is 1.63. The van der Waals surface area contributed by atoms with E-state index in [1.54, 1.807) is 48.6 Å². The maximum atomic E-state index is 13.1. The molecule has 1 fully saturated rings. The molecule has 0 saturated heterocycles. The Morgan fingerprint density at radius 3 is 2.62 bits per heavy atom. The minimum absolute atomic E-state index is 0.0311. The number of methoxy groups -OCH3 is 1. The van der Waals surface area contributed by atoms with Gasteiger partial charge in [0.1, 0.15) is 30.0 Å². The van der Waals surface area contributed by atoms with E-state index in [9.17, 15) is 4.79 Å². The number of nitrogens with one attached hydrogen (secondary N) is 1. The Hall–Kier alpha value is -4.20. The fraction of sp³-hybridized carbons (Fsp3) is 0.167. The Labute approximate surface area is 184 Å². The maximum Gasteiger partial charge on any atom is 0.235 e. The van der Waals surface area contributed by atoms with E-state index >= 15 is 0 Å². The Kier molecular flexibility index (Phi) is 5.03. The zero-order chi connectivity index (χ0) is 22.0. The molecule has 2 heterocycles. The van der Waals surface area contributed by atoms with Crippen LogP contribution in [-0.2, 0) is 10.2 Å². The smallest absolute Gasteiger partial charge is 0.235 e. The number of para-hydroxylation sites is 1. The fourth-order valence-corrected chi connectivity index (χ4v) is 3.68. The largest absolute Gasteiger partial charge is 0.496 e. The molecule has 4 aromatic rings. The summed E-state index contributed by atoms with van der Waals surface area (Å²) in [5.41, 5.74) is 1.09. The van der Waals surface area contributed by atoms with Gasteiger partial charge >= 0.3 is 0 Å². The van der Waals surface area contributed by atoms with Crippen molar-refractivity contribution in [2.75, 3.05) is 12.4 Å². The van der Waals surface area contributed by atoms with Crippen LogP contribution < -0.4 is 14.8 Å². The lowest BCUT2D eigenvalue weighted by Crippen LogP contribution is -2.28. The van der Waals surface area contributed by atoms with Crippen LogP contribution in [0, 0.1) is 0 Å². The molecule has 0 bridgehead atoms. The van der Waals surface area contributed by atoms with E-state index in [0.717, 1.165) is 24.2 Å². The lowest BCUT2D eigenvalue weighted by atomic mass is 9.94. The highest BCUT2D eigenvalue weighted by atomic mass is 16.5. The van der Waals surface area contributed by atoms with Crippen molar-refractivity contribution in [1.82, 2.24) is 19.5 Å². The van der Waals surface area contributed by atoms with Gasteiger partial charge in [0.05, 0.1) is 12.5 Å². The minimum Gasteiger partial charge on any atom is -0.496 e. The van der Waals surface area contributed by atoms with Gasteiger partial charge in [0, 0.05) is 29.7 Å². The molecule has 0 atom stereocenters. The average molecular weight is 427 g/mol. The number of hydrogen-bond acceptors (Lipinski definition) is 6. The highest BCUT2D eigenvalue weighted by molar-refractivity contribution is 6.01. The normalized spacial score (nSPS) is 13.9. The van der Waals surface area contributed by atoms with Crippen molar-refractivity contribution in [1.29, 1.82) is 0 Å². The van der Waals surface area contributed by atoms with E-state index in [0.29, 0.717) is 23.1 Å². The molecule has 8 nitrogen and oxygen atoms in total. The average Bonchev–Trinajstić information content (AvgIpc) is 3.46. The molecule has 160 valence electrons. The van der Waals surface area contributed by atoms with Gasteiger partial charge in [-0.3, -0.25) is 9.36 Å². The molecule has 5 rings (SSSR count). The van der Waals surface area contributed by atoms with E-state index in [1.165, 1.54) is 6.33 Å². The predicted molar refractivity (Wildman–Crippen MR) is 118 cm³/mol. The topological polar surface area (TPSA) is 91.2 Å². The predicted octanol–water partition coefficient (Wildman–Crippen LogP) is 4.13. The third-order valence-corrected chi connectivity index (χ3v) is 5.54. The molecule has 2 aromatic carbocycles.